The van der Waals surface area contributed by atoms with Crippen molar-refractivity contribution in [1.82, 2.24) is 0 Å². The topological polar surface area (TPSA) is 26.3 Å². The molecule has 0 spiro atoms. The lowest BCUT2D eigenvalue weighted by molar-refractivity contribution is 0.112. The van der Waals surface area contributed by atoms with Gasteiger partial charge in [0.15, 0.2) is 6.29 Å². The van der Waals surface area contributed by atoms with E-state index in [-0.39, 0.29) is 0 Å². The minimum atomic E-state index is 0.573. The SMILES string of the molecule is CCC/C(=C/c1ccc(C=O)c(OCC)c1)CC. The molecule has 0 atom stereocenters. The summed E-state index contributed by atoms with van der Waals surface area (Å²) in [4.78, 5) is 10.9. The Hall–Kier alpha value is -1.57. The molecule has 0 aliphatic heterocycles. The van der Waals surface area contributed by atoms with Gasteiger partial charge in [0.25, 0.3) is 0 Å². The van der Waals surface area contributed by atoms with Crippen molar-refractivity contribution in [3.05, 3.63) is 34.9 Å². The van der Waals surface area contributed by atoms with Gasteiger partial charge in [0.2, 0.25) is 0 Å². The lowest BCUT2D eigenvalue weighted by Crippen LogP contribution is -1.96. The zero-order chi connectivity index (χ0) is 13.4. The van der Waals surface area contributed by atoms with Gasteiger partial charge in [0.1, 0.15) is 5.75 Å². The monoisotopic (exact) mass is 246 g/mol. The van der Waals surface area contributed by atoms with Crippen LogP contribution in [0.5, 0.6) is 5.75 Å². The van der Waals surface area contributed by atoms with Crippen molar-refractivity contribution in [2.45, 2.75) is 40.0 Å². The minimum Gasteiger partial charge on any atom is -0.493 e. The summed E-state index contributed by atoms with van der Waals surface area (Å²) < 4.78 is 5.48. The largest absolute Gasteiger partial charge is 0.493 e. The summed E-state index contributed by atoms with van der Waals surface area (Å²) in [5, 5.41) is 0. The van der Waals surface area contributed by atoms with Gasteiger partial charge in [0, 0.05) is 0 Å². The molecule has 0 heterocycles. The van der Waals surface area contributed by atoms with Gasteiger partial charge < -0.3 is 4.74 Å². The number of hydrogen-bond acceptors (Lipinski definition) is 2. The van der Waals surface area contributed by atoms with E-state index < -0.39 is 0 Å². The molecule has 0 saturated carbocycles. The van der Waals surface area contributed by atoms with Crippen LogP contribution in [0.2, 0.25) is 0 Å². The second kappa shape index (κ2) is 7.70. The summed E-state index contributed by atoms with van der Waals surface area (Å²) >= 11 is 0. The Morgan fingerprint density at radius 2 is 2.06 bits per heavy atom. The molecule has 1 rings (SSSR count). The van der Waals surface area contributed by atoms with E-state index in [1.54, 1.807) is 0 Å². The molecule has 0 aliphatic carbocycles. The number of carbonyl (C=O) groups excluding carboxylic acids is 1. The number of ether oxygens (including phenoxy) is 1. The van der Waals surface area contributed by atoms with Crippen LogP contribution < -0.4 is 4.74 Å². The number of rotatable bonds is 7. The number of carbonyl (C=O) groups is 1. The highest BCUT2D eigenvalue weighted by Crippen LogP contribution is 2.22. The summed E-state index contributed by atoms with van der Waals surface area (Å²) in [6.45, 7) is 6.85. The summed E-state index contributed by atoms with van der Waals surface area (Å²) in [5.74, 6) is 0.674. The number of benzene rings is 1. The van der Waals surface area contributed by atoms with Crippen LogP contribution in [0.3, 0.4) is 0 Å². The molecule has 2 heteroatoms. The fourth-order valence-corrected chi connectivity index (χ4v) is 1.93. The molecule has 2 nitrogen and oxygen atoms in total. The standard InChI is InChI=1S/C16H22O2/c1-4-7-13(5-2)10-14-8-9-15(12-17)16(11-14)18-6-3/h8-12H,4-7H2,1-3H3/b13-10+. The molecule has 0 amide bonds. The number of allylic oxidation sites excluding steroid dienone is 1. The Labute approximate surface area is 110 Å². The van der Waals surface area contributed by atoms with Crippen molar-refractivity contribution in [2.24, 2.45) is 0 Å². The van der Waals surface area contributed by atoms with Gasteiger partial charge in [-0.25, -0.2) is 0 Å². The van der Waals surface area contributed by atoms with Gasteiger partial charge in [-0.3, -0.25) is 4.79 Å². The highest BCUT2D eigenvalue weighted by Gasteiger charge is 2.03. The van der Waals surface area contributed by atoms with E-state index >= 15 is 0 Å². The Morgan fingerprint density at radius 1 is 1.28 bits per heavy atom. The maximum atomic E-state index is 10.9. The predicted molar refractivity (Wildman–Crippen MR) is 76.2 cm³/mol. The van der Waals surface area contributed by atoms with Gasteiger partial charge >= 0.3 is 0 Å². The van der Waals surface area contributed by atoms with E-state index in [0.717, 1.165) is 31.1 Å². The van der Waals surface area contributed by atoms with E-state index in [0.29, 0.717) is 17.9 Å². The highest BCUT2D eigenvalue weighted by molar-refractivity contribution is 5.80. The highest BCUT2D eigenvalue weighted by atomic mass is 16.5. The Balaban J connectivity index is 3.03. The van der Waals surface area contributed by atoms with Crippen LogP contribution >= 0.6 is 0 Å². The predicted octanol–water partition coefficient (Wildman–Crippen LogP) is 4.49. The summed E-state index contributed by atoms with van der Waals surface area (Å²) in [7, 11) is 0. The molecule has 0 fully saturated rings. The van der Waals surface area contributed by atoms with E-state index in [9.17, 15) is 4.79 Å². The molecule has 1 aromatic rings. The third-order valence-electron chi connectivity index (χ3n) is 2.86. The first-order valence-electron chi connectivity index (χ1n) is 6.66. The molecule has 0 aromatic heterocycles. The molecular weight excluding hydrogens is 224 g/mol. The second-order valence-corrected chi connectivity index (χ2v) is 4.25. The molecule has 18 heavy (non-hydrogen) atoms. The van der Waals surface area contributed by atoms with Gasteiger partial charge in [-0.2, -0.15) is 0 Å². The van der Waals surface area contributed by atoms with E-state index in [1.807, 2.05) is 25.1 Å². The van der Waals surface area contributed by atoms with E-state index in [2.05, 4.69) is 19.9 Å². The van der Waals surface area contributed by atoms with Gasteiger partial charge in [-0.15, -0.1) is 0 Å². The van der Waals surface area contributed by atoms with Crippen molar-refractivity contribution in [3.8, 4) is 5.75 Å². The smallest absolute Gasteiger partial charge is 0.153 e. The normalized spacial score (nSPS) is 11.4. The van der Waals surface area contributed by atoms with E-state index in [4.69, 9.17) is 4.74 Å². The van der Waals surface area contributed by atoms with Crippen LogP contribution in [0, 0.1) is 0 Å². The zero-order valence-electron chi connectivity index (χ0n) is 11.5. The summed E-state index contributed by atoms with van der Waals surface area (Å²) in [6, 6.07) is 5.74. The van der Waals surface area contributed by atoms with Crippen molar-refractivity contribution in [3.63, 3.8) is 0 Å². The third kappa shape index (κ3) is 4.02. The molecule has 0 N–H and O–H groups in total. The van der Waals surface area contributed by atoms with Gasteiger partial charge in [-0.05, 0) is 37.5 Å². The van der Waals surface area contributed by atoms with Crippen LogP contribution in [0.25, 0.3) is 6.08 Å². The third-order valence-corrected chi connectivity index (χ3v) is 2.86. The number of hydrogen-bond donors (Lipinski definition) is 0. The first-order valence-corrected chi connectivity index (χ1v) is 6.66. The molecule has 0 radical (unpaired) electrons. The van der Waals surface area contributed by atoms with Crippen molar-refractivity contribution in [1.29, 1.82) is 0 Å². The molecule has 0 bridgehead atoms. The van der Waals surface area contributed by atoms with Gasteiger partial charge in [0.05, 0.1) is 12.2 Å². The van der Waals surface area contributed by atoms with Crippen molar-refractivity contribution >= 4 is 12.4 Å². The van der Waals surface area contributed by atoms with Crippen molar-refractivity contribution < 1.29 is 9.53 Å². The van der Waals surface area contributed by atoms with Crippen molar-refractivity contribution in [2.75, 3.05) is 6.61 Å². The Morgan fingerprint density at radius 3 is 2.61 bits per heavy atom. The molecule has 98 valence electrons. The maximum absolute atomic E-state index is 10.9. The fourth-order valence-electron chi connectivity index (χ4n) is 1.93. The average Bonchev–Trinajstić information content (AvgIpc) is 2.39. The van der Waals surface area contributed by atoms with Crippen LogP contribution in [-0.2, 0) is 0 Å². The molecule has 1 aromatic carbocycles. The second-order valence-electron chi connectivity index (χ2n) is 4.25. The average molecular weight is 246 g/mol. The quantitative estimate of drug-likeness (QED) is 0.662. The minimum absolute atomic E-state index is 0.573. The van der Waals surface area contributed by atoms with E-state index in [1.165, 1.54) is 5.57 Å². The summed E-state index contributed by atoms with van der Waals surface area (Å²) in [6.07, 6.45) is 6.37. The first kappa shape index (κ1) is 14.5. The van der Waals surface area contributed by atoms with Crippen LogP contribution in [0.1, 0.15) is 56.0 Å². The van der Waals surface area contributed by atoms with Gasteiger partial charge in [-0.1, -0.05) is 38.0 Å². The Kier molecular flexibility index (Phi) is 6.20. The van der Waals surface area contributed by atoms with Crippen LogP contribution in [0.4, 0.5) is 0 Å². The van der Waals surface area contributed by atoms with Crippen LogP contribution in [-0.4, -0.2) is 12.9 Å². The fraction of sp³-hybridized carbons (Fsp3) is 0.438. The molecule has 0 saturated heterocycles. The molecular formula is C16H22O2. The maximum Gasteiger partial charge on any atom is 0.153 e. The molecule has 0 aliphatic rings. The zero-order valence-corrected chi connectivity index (χ0v) is 11.5. The molecule has 0 unspecified atom stereocenters. The van der Waals surface area contributed by atoms with Crippen LogP contribution in [0.15, 0.2) is 23.8 Å². The number of aldehydes is 1. The lowest BCUT2D eigenvalue weighted by atomic mass is 10.0. The Bertz CT molecular complexity index is 419. The summed E-state index contributed by atoms with van der Waals surface area (Å²) in [5.41, 5.74) is 3.15. The first-order chi connectivity index (χ1) is 8.74. The lowest BCUT2D eigenvalue weighted by Gasteiger charge is -2.08.